The Morgan fingerprint density at radius 3 is 2.41 bits per heavy atom. The van der Waals surface area contributed by atoms with Crippen molar-refractivity contribution in [1.29, 1.82) is 0 Å². The second-order valence-electron chi connectivity index (χ2n) is 7.71. The number of benzene rings is 1. The van der Waals surface area contributed by atoms with Gasteiger partial charge in [-0.05, 0) is 35.2 Å². The van der Waals surface area contributed by atoms with E-state index in [2.05, 4.69) is 63.9 Å². The van der Waals surface area contributed by atoms with Crippen molar-refractivity contribution in [1.82, 2.24) is 5.32 Å². The Kier molecular flexibility index (Phi) is 4.79. The third kappa shape index (κ3) is 3.79. The molecule has 1 aliphatic rings. The maximum absolute atomic E-state index is 12.5. The molecule has 1 aromatic rings. The van der Waals surface area contributed by atoms with E-state index in [-0.39, 0.29) is 16.7 Å². The van der Waals surface area contributed by atoms with Gasteiger partial charge in [-0.25, -0.2) is 0 Å². The number of nitrogens with one attached hydrogen (secondary N) is 1. The highest BCUT2D eigenvalue weighted by atomic mass is 16.1. The quantitative estimate of drug-likeness (QED) is 0.745. The fourth-order valence-corrected chi connectivity index (χ4v) is 2.95. The van der Waals surface area contributed by atoms with Crippen molar-refractivity contribution in [3.05, 3.63) is 48.6 Å². The highest BCUT2D eigenvalue weighted by Crippen LogP contribution is 2.45. The molecule has 0 saturated heterocycles. The van der Waals surface area contributed by atoms with Gasteiger partial charge < -0.3 is 5.32 Å². The van der Waals surface area contributed by atoms with E-state index in [1.807, 2.05) is 12.1 Å². The van der Waals surface area contributed by atoms with Crippen LogP contribution in [0.1, 0.15) is 46.1 Å². The summed E-state index contributed by atoms with van der Waals surface area (Å²) in [5, 5.41) is 3.17. The van der Waals surface area contributed by atoms with E-state index in [4.69, 9.17) is 0 Å². The zero-order valence-corrected chi connectivity index (χ0v) is 14.4. The smallest absolute Gasteiger partial charge is 0.220 e. The van der Waals surface area contributed by atoms with E-state index in [9.17, 15) is 4.79 Å². The van der Waals surface area contributed by atoms with Gasteiger partial charge in [0.05, 0.1) is 0 Å². The van der Waals surface area contributed by atoms with Crippen LogP contribution in [0.5, 0.6) is 0 Å². The van der Waals surface area contributed by atoms with E-state index in [1.54, 1.807) is 0 Å². The molecule has 2 heteroatoms. The highest BCUT2D eigenvalue weighted by molar-refractivity contribution is 5.77. The summed E-state index contributed by atoms with van der Waals surface area (Å²) in [5.74, 6) is 0.805. The van der Waals surface area contributed by atoms with Crippen LogP contribution in [-0.4, -0.2) is 11.9 Å². The van der Waals surface area contributed by atoms with Gasteiger partial charge in [0.25, 0.3) is 0 Å². The lowest BCUT2D eigenvalue weighted by molar-refractivity contribution is -0.124. The van der Waals surface area contributed by atoms with Gasteiger partial charge in [-0.2, -0.15) is 0 Å². The Balaban J connectivity index is 2.14. The first-order chi connectivity index (χ1) is 10.3. The van der Waals surface area contributed by atoms with E-state index in [1.165, 1.54) is 5.56 Å². The van der Waals surface area contributed by atoms with Gasteiger partial charge in [0.15, 0.2) is 0 Å². The van der Waals surface area contributed by atoms with Crippen LogP contribution >= 0.6 is 0 Å². The third-order valence-electron chi connectivity index (χ3n) is 5.51. The number of carbonyl (C=O) groups is 1. The van der Waals surface area contributed by atoms with Crippen molar-refractivity contribution >= 4 is 5.91 Å². The molecule has 1 saturated carbocycles. The first kappa shape index (κ1) is 16.8. The van der Waals surface area contributed by atoms with Gasteiger partial charge in [-0.3, -0.25) is 4.79 Å². The summed E-state index contributed by atoms with van der Waals surface area (Å²) < 4.78 is 0. The maximum Gasteiger partial charge on any atom is 0.220 e. The normalized spacial score (nSPS) is 23.5. The van der Waals surface area contributed by atoms with Crippen molar-refractivity contribution in [2.75, 3.05) is 0 Å². The predicted molar refractivity (Wildman–Crippen MR) is 92.6 cm³/mol. The fourth-order valence-electron chi connectivity index (χ4n) is 2.95. The summed E-state index contributed by atoms with van der Waals surface area (Å²) in [4.78, 5) is 12.5. The summed E-state index contributed by atoms with van der Waals surface area (Å²) in [5.41, 5.74) is 1.00. The molecular weight excluding hydrogens is 270 g/mol. The highest BCUT2D eigenvalue weighted by Gasteiger charge is 2.42. The molecule has 1 fully saturated rings. The van der Waals surface area contributed by atoms with Crippen LogP contribution in [0.2, 0.25) is 0 Å². The van der Waals surface area contributed by atoms with Gasteiger partial charge in [-0.1, -0.05) is 64.1 Å². The first-order valence-corrected chi connectivity index (χ1v) is 8.24. The summed E-state index contributed by atoms with van der Waals surface area (Å²) in [6.07, 6.45) is 4.51. The van der Waals surface area contributed by atoms with Gasteiger partial charge in [-0.15, -0.1) is 6.58 Å². The summed E-state index contributed by atoms with van der Waals surface area (Å²) >= 11 is 0. The fraction of sp³-hybridized carbons (Fsp3) is 0.550. The van der Waals surface area contributed by atoms with E-state index >= 15 is 0 Å². The molecule has 0 aliphatic heterocycles. The number of carbonyl (C=O) groups excluding carboxylic acids is 1. The van der Waals surface area contributed by atoms with Crippen LogP contribution in [0.4, 0.5) is 0 Å². The molecule has 0 radical (unpaired) electrons. The second kappa shape index (κ2) is 6.28. The summed E-state index contributed by atoms with van der Waals surface area (Å²) in [6.45, 7) is 12.7. The lowest BCUT2D eigenvalue weighted by Crippen LogP contribution is -2.41. The first-order valence-electron chi connectivity index (χ1n) is 8.24. The standard InChI is InChI=1S/C20H29NO/c1-6-19(3,4)20(5,13-16-10-8-7-9-11-16)14-18(22)21-17-12-15(17)2/h6-11,15,17H,1,12-14H2,2-5H3,(H,21,22). The van der Waals surface area contributed by atoms with E-state index in [0.29, 0.717) is 18.4 Å². The molecule has 0 aromatic heterocycles. The Labute approximate surface area is 135 Å². The van der Waals surface area contributed by atoms with Crippen LogP contribution in [0.15, 0.2) is 43.0 Å². The van der Waals surface area contributed by atoms with Crippen molar-refractivity contribution in [2.24, 2.45) is 16.7 Å². The van der Waals surface area contributed by atoms with Crippen LogP contribution in [0.3, 0.4) is 0 Å². The second-order valence-corrected chi connectivity index (χ2v) is 7.71. The predicted octanol–water partition coefficient (Wildman–Crippen LogP) is 4.36. The zero-order chi connectivity index (χ0) is 16.4. The van der Waals surface area contributed by atoms with Crippen molar-refractivity contribution in [2.45, 2.75) is 53.0 Å². The van der Waals surface area contributed by atoms with Gasteiger partial charge in [0.1, 0.15) is 0 Å². The molecule has 120 valence electrons. The SMILES string of the molecule is C=CC(C)(C)C(C)(CC(=O)NC1CC1C)Cc1ccccc1. The van der Waals surface area contributed by atoms with Crippen LogP contribution in [0, 0.1) is 16.7 Å². The molecule has 3 unspecified atom stereocenters. The van der Waals surface area contributed by atoms with Crippen molar-refractivity contribution in [3.63, 3.8) is 0 Å². The molecule has 22 heavy (non-hydrogen) atoms. The largest absolute Gasteiger partial charge is 0.353 e. The zero-order valence-electron chi connectivity index (χ0n) is 14.4. The molecule has 2 rings (SSSR count). The molecule has 0 heterocycles. The summed E-state index contributed by atoms with van der Waals surface area (Å²) in [7, 11) is 0. The minimum absolute atomic E-state index is 0.116. The number of rotatable bonds is 7. The molecule has 1 N–H and O–H groups in total. The molecule has 2 nitrogen and oxygen atoms in total. The van der Waals surface area contributed by atoms with E-state index < -0.39 is 0 Å². The Bertz CT molecular complexity index is 534. The number of amides is 1. The average Bonchev–Trinajstić information content (AvgIpc) is 3.14. The molecule has 0 spiro atoms. The van der Waals surface area contributed by atoms with E-state index in [0.717, 1.165) is 12.8 Å². The van der Waals surface area contributed by atoms with Crippen LogP contribution in [-0.2, 0) is 11.2 Å². The van der Waals surface area contributed by atoms with Gasteiger partial charge >= 0.3 is 0 Å². The Hall–Kier alpha value is -1.57. The molecule has 3 atom stereocenters. The third-order valence-corrected chi connectivity index (χ3v) is 5.51. The maximum atomic E-state index is 12.5. The number of hydrogen-bond donors (Lipinski definition) is 1. The molecule has 1 aromatic carbocycles. The number of hydrogen-bond acceptors (Lipinski definition) is 1. The van der Waals surface area contributed by atoms with Crippen molar-refractivity contribution < 1.29 is 4.79 Å². The minimum Gasteiger partial charge on any atom is -0.353 e. The lowest BCUT2D eigenvalue weighted by Gasteiger charge is -2.42. The minimum atomic E-state index is -0.154. The van der Waals surface area contributed by atoms with Crippen molar-refractivity contribution in [3.8, 4) is 0 Å². The monoisotopic (exact) mass is 299 g/mol. The van der Waals surface area contributed by atoms with Crippen LogP contribution < -0.4 is 5.32 Å². The average molecular weight is 299 g/mol. The number of allylic oxidation sites excluding steroid dienone is 1. The molecular formula is C20H29NO. The summed E-state index contributed by atoms with van der Waals surface area (Å²) in [6, 6.07) is 10.8. The molecule has 1 amide bonds. The Morgan fingerprint density at radius 2 is 1.91 bits per heavy atom. The molecule has 0 bridgehead atoms. The van der Waals surface area contributed by atoms with Gasteiger partial charge in [0, 0.05) is 12.5 Å². The topological polar surface area (TPSA) is 29.1 Å². The molecule has 1 aliphatic carbocycles. The van der Waals surface area contributed by atoms with Gasteiger partial charge in [0.2, 0.25) is 5.91 Å². The Morgan fingerprint density at radius 1 is 1.32 bits per heavy atom. The van der Waals surface area contributed by atoms with Crippen LogP contribution in [0.25, 0.3) is 0 Å². The lowest BCUT2D eigenvalue weighted by atomic mass is 9.62.